The molecule has 3 rings (SSSR count). The van der Waals surface area contributed by atoms with Crippen LogP contribution in [0.5, 0.6) is 0 Å². The standard InChI is InChI=1S/C21H20ClNO4S2/c1-16-3-11-20(12-4-16)28(24,25)23(15-18-7-9-19(22)10-8-18)29(26,27)21-13-5-17(2)6-14-21/h3-14H,15H2,1-2H3. The lowest BCUT2D eigenvalue weighted by Crippen LogP contribution is -2.36. The van der Waals surface area contributed by atoms with Crippen LogP contribution >= 0.6 is 11.6 Å². The SMILES string of the molecule is Cc1ccc(S(=O)(=O)N(Cc2ccc(Cl)cc2)S(=O)(=O)c2ccc(C)cc2)cc1. The second-order valence-corrected chi connectivity index (χ2v) is 11.1. The number of nitrogens with zero attached hydrogens (tertiary/aromatic N) is 1. The number of aryl methyl sites for hydroxylation is 2. The van der Waals surface area contributed by atoms with Gasteiger partial charge in [0, 0.05) is 5.02 Å². The van der Waals surface area contributed by atoms with Crippen molar-refractivity contribution in [3.05, 3.63) is 94.5 Å². The topological polar surface area (TPSA) is 71.5 Å². The van der Waals surface area contributed by atoms with Gasteiger partial charge in [0.15, 0.2) is 0 Å². The van der Waals surface area contributed by atoms with Crippen molar-refractivity contribution >= 4 is 31.6 Å². The zero-order chi connectivity index (χ0) is 21.2. The molecule has 0 radical (unpaired) electrons. The molecular formula is C21H20ClNO4S2. The van der Waals surface area contributed by atoms with E-state index in [1.807, 2.05) is 13.8 Å². The van der Waals surface area contributed by atoms with Gasteiger partial charge in [-0.05, 0) is 55.8 Å². The summed E-state index contributed by atoms with van der Waals surface area (Å²) in [5, 5.41) is 0.475. The number of rotatable bonds is 6. The summed E-state index contributed by atoms with van der Waals surface area (Å²) < 4.78 is 53.8. The minimum absolute atomic E-state index is 0.0900. The Morgan fingerprint density at radius 2 is 1.03 bits per heavy atom. The molecule has 0 amide bonds. The molecule has 0 aliphatic carbocycles. The van der Waals surface area contributed by atoms with Crippen LogP contribution in [0.1, 0.15) is 16.7 Å². The van der Waals surface area contributed by atoms with E-state index < -0.39 is 20.0 Å². The van der Waals surface area contributed by atoms with Gasteiger partial charge in [-0.1, -0.05) is 62.8 Å². The lowest BCUT2D eigenvalue weighted by atomic mass is 10.2. The van der Waals surface area contributed by atoms with Gasteiger partial charge in [-0.2, -0.15) is 0 Å². The summed E-state index contributed by atoms with van der Waals surface area (Å²) in [6.07, 6.45) is 0. The molecule has 0 aliphatic rings. The highest BCUT2D eigenvalue weighted by Crippen LogP contribution is 2.27. The van der Waals surface area contributed by atoms with Crippen molar-refractivity contribution < 1.29 is 16.8 Å². The van der Waals surface area contributed by atoms with E-state index in [1.54, 1.807) is 48.5 Å². The van der Waals surface area contributed by atoms with E-state index in [4.69, 9.17) is 11.6 Å². The molecule has 0 saturated heterocycles. The summed E-state index contributed by atoms with van der Waals surface area (Å²) >= 11 is 5.90. The van der Waals surface area contributed by atoms with Crippen LogP contribution in [-0.2, 0) is 26.6 Å². The summed E-state index contributed by atoms with van der Waals surface area (Å²) in [5.74, 6) is 0. The van der Waals surface area contributed by atoms with E-state index >= 15 is 0 Å². The molecule has 8 heteroatoms. The van der Waals surface area contributed by atoms with E-state index in [2.05, 4.69) is 0 Å². The minimum Gasteiger partial charge on any atom is -0.206 e. The highest BCUT2D eigenvalue weighted by Gasteiger charge is 2.36. The van der Waals surface area contributed by atoms with Crippen LogP contribution in [0.15, 0.2) is 82.6 Å². The Kier molecular flexibility index (Phi) is 6.14. The minimum atomic E-state index is -4.33. The smallest absolute Gasteiger partial charge is 0.206 e. The first-order valence-electron chi connectivity index (χ1n) is 8.76. The van der Waals surface area contributed by atoms with Gasteiger partial charge in [0.1, 0.15) is 0 Å². The maximum atomic E-state index is 13.3. The molecule has 3 aromatic rings. The van der Waals surface area contributed by atoms with Crippen molar-refractivity contribution in [3.8, 4) is 0 Å². The van der Waals surface area contributed by atoms with Crippen molar-refractivity contribution in [2.45, 2.75) is 30.2 Å². The highest BCUT2D eigenvalue weighted by atomic mass is 35.5. The Morgan fingerprint density at radius 3 is 1.41 bits per heavy atom. The quantitative estimate of drug-likeness (QED) is 0.554. The molecule has 0 aliphatic heterocycles. The van der Waals surface area contributed by atoms with E-state index in [9.17, 15) is 16.8 Å². The maximum Gasteiger partial charge on any atom is 0.256 e. The van der Waals surface area contributed by atoms with Crippen molar-refractivity contribution in [2.75, 3.05) is 0 Å². The first-order chi connectivity index (χ1) is 13.6. The average Bonchev–Trinajstić information content (AvgIpc) is 2.68. The predicted molar refractivity (Wildman–Crippen MR) is 114 cm³/mol. The van der Waals surface area contributed by atoms with Crippen molar-refractivity contribution in [1.82, 2.24) is 3.71 Å². The summed E-state index contributed by atoms with van der Waals surface area (Å²) in [6.45, 7) is 3.30. The Balaban J connectivity index is 2.14. The van der Waals surface area contributed by atoms with E-state index in [0.717, 1.165) is 11.1 Å². The van der Waals surface area contributed by atoms with Crippen molar-refractivity contribution in [1.29, 1.82) is 0 Å². The fourth-order valence-corrected chi connectivity index (χ4v) is 6.44. The van der Waals surface area contributed by atoms with Crippen LogP contribution in [-0.4, -0.2) is 20.5 Å². The Bertz CT molecular complexity index is 1130. The van der Waals surface area contributed by atoms with Crippen LogP contribution in [0.3, 0.4) is 0 Å². The molecule has 0 bridgehead atoms. The second-order valence-electron chi connectivity index (χ2n) is 6.69. The largest absolute Gasteiger partial charge is 0.256 e. The average molecular weight is 450 g/mol. The van der Waals surface area contributed by atoms with Crippen LogP contribution in [0.4, 0.5) is 0 Å². The number of hydrogen-bond donors (Lipinski definition) is 0. The van der Waals surface area contributed by atoms with Crippen LogP contribution in [0, 0.1) is 13.8 Å². The van der Waals surface area contributed by atoms with Gasteiger partial charge in [0.25, 0.3) is 20.0 Å². The van der Waals surface area contributed by atoms with Crippen LogP contribution < -0.4 is 0 Å². The van der Waals surface area contributed by atoms with Gasteiger partial charge in [0.05, 0.1) is 16.3 Å². The molecule has 0 aromatic heterocycles. The summed E-state index contributed by atoms with van der Waals surface area (Å²) in [4.78, 5) is -0.180. The van der Waals surface area contributed by atoms with E-state index in [0.29, 0.717) is 14.3 Å². The lowest BCUT2D eigenvalue weighted by molar-refractivity contribution is 0.494. The molecule has 152 valence electrons. The van der Waals surface area contributed by atoms with Crippen molar-refractivity contribution in [3.63, 3.8) is 0 Å². The second kappa shape index (κ2) is 8.28. The molecule has 0 N–H and O–H groups in total. The lowest BCUT2D eigenvalue weighted by Gasteiger charge is -2.22. The maximum absolute atomic E-state index is 13.3. The van der Waals surface area contributed by atoms with Gasteiger partial charge in [-0.15, -0.1) is 0 Å². The number of hydrogen-bond acceptors (Lipinski definition) is 4. The third kappa shape index (κ3) is 4.70. The Morgan fingerprint density at radius 1 is 0.655 bits per heavy atom. The van der Waals surface area contributed by atoms with Crippen LogP contribution in [0.25, 0.3) is 0 Å². The third-order valence-corrected chi connectivity index (χ3v) is 8.89. The zero-order valence-corrected chi connectivity index (χ0v) is 18.3. The molecule has 0 unspecified atom stereocenters. The number of halogens is 1. The molecule has 0 atom stereocenters. The third-order valence-electron chi connectivity index (χ3n) is 4.40. The molecule has 5 nitrogen and oxygen atoms in total. The van der Waals surface area contributed by atoms with E-state index in [-0.39, 0.29) is 16.3 Å². The first kappa shape index (κ1) is 21.5. The molecule has 0 fully saturated rings. The highest BCUT2D eigenvalue weighted by molar-refractivity contribution is 8.04. The normalized spacial score (nSPS) is 12.3. The monoisotopic (exact) mass is 449 g/mol. The molecule has 0 heterocycles. The summed E-state index contributed by atoms with van der Waals surface area (Å²) in [6, 6.07) is 18.5. The summed E-state index contributed by atoms with van der Waals surface area (Å²) in [7, 11) is -8.66. The summed E-state index contributed by atoms with van der Waals surface area (Å²) in [5.41, 5.74) is 2.24. The van der Waals surface area contributed by atoms with Gasteiger partial charge < -0.3 is 0 Å². The molecule has 0 spiro atoms. The van der Waals surface area contributed by atoms with Gasteiger partial charge in [-0.25, -0.2) is 16.8 Å². The van der Waals surface area contributed by atoms with Gasteiger partial charge >= 0.3 is 0 Å². The van der Waals surface area contributed by atoms with Crippen LogP contribution in [0.2, 0.25) is 5.02 Å². The molecule has 29 heavy (non-hydrogen) atoms. The molecule has 3 aromatic carbocycles. The first-order valence-corrected chi connectivity index (χ1v) is 12.0. The van der Waals surface area contributed by atoms with Gasteiger partial charge in [-0.3, -0.25) is 0 Å². The fourth-order valence-electron chi connectivity index (χ4n) is 2.69. The number of sulfonamides is 2. The van der Waals surface area contributed by atoms with Crippen molar-refractivity contribution in [2.24, 2.45) is 0 Å². The predicted octanol–water partition coefficient (Wildman–Crippen LogP) is 4.54. The number of benzene rings is 3. The fraction of sp³-hybridized carbons (Fsp3) is 0.143. The van der Waals surface area contributed by atoms with E-state index in [1.165, 1.54) is 24.3 Å². The molecular weight excluding hydrogens is 430 g/mol. The zero-order valence-electron chi connectivity index (χ0n) is 15.9. The molecule has 0 saturated carbocycles. The Labute approximate surface area is 176 Å². The Hall–Kier alpha value is -2.19. The van der Waals surface area contributed by atoms with Gasteiger partial charge in [0.2, 0.25) is 0 Å².